The van der Waals surface area contributed by atoms with Gasteiger partial charge in [0, 0.05) is 17.8 Å². The van der Waals surface area contributed by atoms with Crippen molar-refractivity contribution in [2.45, 2.75) is 12.8 Å². The Kier molecular flexibility index (Phi) is 2.23. The number of nitrogens with zero attached hydrogens (tertiary/aromatic N) is 3. The van der Waals surface area contributed by atoms with Gasteiger partial charge in [0.05, 0.1) is 6.61 Å². The van der Waals surface area contributed by atoms with Gasteiger partial charge in [-0.3, -0.25) is 0 Å². The number of nitrogens with two attached hydrogens (primary N) is 1. The van der Waals surface area contributed by atoms with E-state index < -0.39 is 18.5 Å². The Morgan fingerprint density at radius 2 is 2.12 bits per heavy atom. The monoisotopic (exact) mass is 232 g/mol. The van der Waals surface area contributed by atoms with Crippen LogP contribution in [0.4, 0.5) is 19.0 Å². The van der Waals surface area contributed by atoms with Gasteiger partial charge in [0.25, 0.3) is 0 Å². The maximum Gasteiger partial charge on any atom is 0.435 e. The van der Waals surface area contributed by atoms with Crippen LogP contribution in [0, 0.1) is 0 Å². The third-order valence-electron chi connectivity index (χ3n) is 2.06. The van der Waals surface area contributed by atoms with Crippen LogP contribution in [0.15, 0.2) is 12.3 Å². The van der Waals surface area contributed by atoms with E-state index in [0.29, 0.717) is 0 Å². The standard InChI is InChI=1S/C8H7F3N4O/c9-8(10,11)5-1-6-13-2-4(3-16)7(12)15(6)14-5/h1-2,16H,3,12H2. The van der Waals surface area contributed by atoms with Crippen molar-refractivity contribution < 1.29 is 18.3 Å². The molecule has 0 aliphatic carbocycles. The number of aromatic nitrogens is 3. The van der Waals surface area contributed by atoms with Gasteiger partial charge in [-0.1, -0.05) is 0 Å². The number of rotatable bonds is 1. The van der Waals surface area contributed by atoms with Crippen LogP contribution in [0.2, 0.25) is 0 Å². The number of nitrogen functional groups attached to an aromatic ring is 1. The minimum atomic E-state index is -4.54. The summed E-state index contributed by atoms with van der Waals surface area (Å²) < 4.78 is 37.9. The predicted octanol–water partition coefficient (Wildman–Crippen LogP) is 0.823. The van der Waals surface area contributed by atoms with E-state index in [2.05, 4.69) is 10.1 Å². The van der Waals surface area contributed by atoms with Gasteiger partial charge < -0.3 is 10.8 Å². The van der Waals surface area contributed by atoms with E-state index in [4.69, 9.17) is 10.8 Å². The molecule has 8 heteroatoms. The smallest absolute Gasteiger partial charge is 0.391 e. The van der Waals surface area contributed by atoms with Crippen molar-refractivity contribution in [1.29, 1.82) is 0 Å². The first-order valence-electron chi connectivity index (χ1n) is 4.24. The third kappa shape index (κ3) is 1.56. The SMILES string of the molecule is Nc1c(CO)cnc2cc(C(F)(F)F)nn12. The summed E-state index contributed by atoms with van der Waals surface area (Å²) in [6.45, 7) is -0.407. The van der Waals surface area contributed by atoms with Gasteiger partial charge in [0.15, 0.2) is 11.3 Å². The first-order valence-corrected chi connectivity index (χ1v) is 4.24. The Labute approximate surface area is 87.3 Å². The molecule has 0 atom stereocenters. The van der Waals surface area contributed by atoms with Gasteiger partial charge in [-0.15, -0.1) is 0 Å². The summed E-state index contributed by atoms with van der Waals surface area (Å²) in [6.07, 6.45) is -3.33. The second kappa shape index (κ2) is 3.34. The molecule has 2 aromatic rings. The fourth-order valence-electron chi connectivity index (χ4n) is 1.25. The van der Waals surface area contributed by atoms with Crippen molar-refractivity contribution in [1.82, 2.24) is 14.6 Å². The van der Waals surface area contributed by atoms with Crippen molar-refractivity contribution in [2.24, 2.45) is 0 Å². The highest BCUT2D eigenvalue weighted by Gasteiger charge is 2.34. The number of alkyl halides is 3. The molecule has 2 heterocycles. The Morgan fingerprint density at radius 1 is 1.44 bits per heavy atom. The number of aliphatic hydroxyl groups is 1. The van der Waals surface area contributed by atoms with Crippen LogP contribution in [0.5, 0.6) is 0 Å². The van der Waals surface area contributed by atoms with Gasteiger partial charge in [0.2, 0.25) is 0 Å². The van der Waals surface area contributed by atoms with E-state index in [1.807, 2.05) is 0 Å². The summed E-state index contributed by atoms with van der Waals surface area (Å²) in [5.41, 5.74) is 4.67. The Balaban J connectivity index is 2.67. The highest BCUT2D eigenvalue weighted by Crippen LogP contribution is 2.29. The molecule has 2 aromatic heterocycles. The Bertz CT molecular complexity index is 534. The van der Waals surface area contributed by atoms with E-state index in [0.717, 1.165) is 10.6 Å². The lowest BCUT2D eigenvalue weighted by Crippen LogP contribution is -2.08. The maximum atomic E-state index is 12.3. The number of fused-ring (bicyclic) bond motifs is 1. The largest absolute Gasteiger partial charge is 0.435 e. The van der Waals surface area contributed by atoms with E-state index in [1.165, 1.54) is 6.20 Å². The van der Waals surface area contributed by atoms with Crippen molar-refractivity contribution >= 4 is 11.5 Å². The molecule has 86 valence electrons. The van der Waals surface area contributed by atoms with E-state index in [-0.39, 0.29) is 17.0 Å². The van der Waals surface area contributed by atoms with Crippen LogP contribution >= 0.6 is 0 Å². The number of anilines is 1. The summed E-state index contributed by atoms with van der Waals surface area (Å²) in [6, 6.07) is 0.789. The fraction of sp³-hybridized carbons (Fsp3) is 0.250. The summed E-state index contributed by atoms with van der Waals surface area (Å²) in [5.74, 6) is -0.0528. The van der Waals surface area contributed by atoms with Crippen LogP contribution in [0.3, 0.4) is 0 Å². The van der Waals surface area contributed by atoms with Crippen molar-refractivity contribution in [3.63, 3.8) is 0 Å². The van der Waals surface area contributed by atoms with Crippen LogP contribution < -0.4 is 5.73 Å². The Morgan fingerprint density at radius 3 is 2.69 bits per heavy atom. The number of hydrogen-bond donors (Lipinski definition) is 2. The molecule has 0 unspecified atom stereocenters. The molecular formula is C8H7F3N4O. The van der Waals surface area contributed by atoms with Crippen LogP contribution in [-0.2, 0) is 12.8 Å². The summed E-state index contributed by atoms with van der Waals surface area (Å²) in [4.78, 5) is 3.71. The minimum Gasteiger partial charge on any atom is -0.391 e. The van der Waals surface area contributed by atoms with Gasteiger partial charge >= 0.3 is 6.18 Å². The highest BCUT2D eigenvalue weighted by molar-refractivity contribution is 5.50. The lowest BCUT2D eigenvalue weighted by molar-refractivity contribution is -0.141. The molecule has 0 aromatic carbocycles. The predicted molar refractivity (Wildman–Crippen MR) is 48.3 cm³/mol. The molecule has 0 amide bonds. The van der Waals surface area contributed by atoms with Crippen molar-refractivity contribution in [3.8, 4) is 0 Å². The molecule has 3 N–H and O–H groups in total. The zero-order valence-corrected chi connectivity index (χ0v) is 7.86. The molecule has 0 aliphatic rings. The lowest BCUT2D eigenvalue weighted by Gasteiger charge is -2.03. The van der Waals surface area contributed by atoms with Gasteiger partial charge in [-0.05, 0) is 0 Å². The lowest BCUT2D eigenvalue weighted by atomic mass is 10.3. The average molecular weight is 232 g/mol. The molecule has 16 heavy (non-hydrogen) atoms. The molecule has 0 saturated carbocycles. The second-order valence-electron chi connectivity index (χ2n) is 3.12. The molecule has 0 spiro atoms. The van der Waals surface area contributed by atoms with Crippen LogP contribution in [-0.4, -0.2) is 19.7 Å². The Hall–Kier alpha value is -1.83. The average Bonchev–Trinajstić information content (AvgIpc) is 2.62. The van der Waals surface area contributed by atoms with Crippen LogP contribution in [0.1, 0.15) is 11.3 Å². The topological polar surface area (TPSA) is 76.4 Å². The number of halogens is 3. The fourth-order valence-corrected chi connectivity index (χ4v) is 1.25. The summed E-state index contributed by atoms with van der Waals surface area (Å²) >= 11 is 0. The molecule has 0 saturated heterocycles. The second-order valence-corrected chi connectivity index (χ2v) is 3.12. The van der Waals surface area contributed by atoms with E-state index in [9.17, 15) is 13.2 Å². The molecule has 0 aliphatic heterocycles. The summed E-state index contributed by atoms with van der Waals surface area (Å²) in [7, 11) is 0. The van der Waals surface area contributed by atoms with Gasteiger partial charge in [-0.25, -0.2) is 4.98 Å². The zero-order chi connectivity index (χ0) is 11.9. The van der Waals surface area contributed by atoms with E-state index >= 15 is 0 Å². The molecule has 5 nitrogen and oxygen atoms in total. The first kappa shape index (κ1) is 10.7. The minimum absolute atomic E-state index is 0.0120. The first-order chi connectivity index (χ1) is 7.43. The highest BCUT2D eigenvalue weighted by atomic mass is 19.4. The number of hydrogen-bond acceptors (Lipinski definition) is 4. The molecular weight excluding hydrogens is 225 g/mol. The van der Waals surface area contributed by atoms with Crippen molar-refractivity contribution in [3.05, 3.63) is 23.5 Å². The summed E-state index contributed by atoms with van der Waals surface area (Å²) in [5, 5.41) is 12.1. The molecule has 0 radical (unpaired) electrons. The van der Waals surface area contributed by atoms with Crippen LogP contribution in [0.25, 0.3) is 5.65 Å². The number of aliphatic hydroxyl groups excluding tert-OH is 1. The zero-order valence-electron chi connectivity index (χ0n) is 7.86. The molecule has 0 bridgehead atoms. The van der Waals surface area contributed by atoms with Crippen molar-refractivity contribution in [2.75, 3.05) is 5.73 Å². The quantitative estimate of drug-likeness (QED) is 0.763. The maximum absolute atomic E-state index is 12.3. The van der Waals surface area contributed by atoms with E-state index in [1.54, 1.807) is 0 Å². The molecule has 0 fully saturated rings. The third-order valence-corrected chi connectivity index (χ3v) is 2.06. The van der Waals surface area contributed by atoms with Gasteiger partial charge in [0.1, 0.15) is 5.82 Å². The normalized spacial score (nSPS) is 12.2. The molecule has 2 rings (SSSR count). The van der Waals surface area contributed by atoms with Gasteiger partial charge in [-0.2, -0.15) is 22.8 Å².